The van der Waals surface area contributed by atoms with E-state index in [0.717, 1.165) is 89.7 Å². The van der Waals surface area contributed by atoms with Crippen LogP contribution in [0.5, 0.6) is 0 Å². The molecule has 0 amide bonds. The number of unbranched alkanes of at least 4 members (excludes halogenated alkanes) is 9. The van der Waals surface area contributed by atoms with Crippen molar-refractivity contribution in [2.24, 2.45) is 0 Å². The molecule has 3 N–H and O–H groups in total. The number of para-hydroxylation sites is 3. The summed E-state index contributed by atoms with van der Waals surface area (Å²) in [7, 11) is 0. The van der Waals surface area contributed by atoms with Crippen molar-refractivity contribution in [1.29, 1.82) is 0 Å². The van der Waals surface area contributed by atoms with Crippen molar-refractivity contribution >= 4 is 69.0 Å². The highest BCUT2D eigenvalue weighted by atomic mass is 15.4. The van der Waals surface area contributed by atoms with Crippen LogP contribution >= 0.6 is 0 Å². The summed E-state index contributed by atoms with van der Waals surface area (Å²) in [6.07, 6.45) is 17.2. The van der Waals surface area contributed by atoms with Gasteiger partial charge in [0.05, 0.1) is 0 Å². The van der Waals surface area contributed by atoms with Gasteiger partial charge in [0.25, 0.3) is 0 Å². The quantitative estimate of drug-likeness (QED) is 0.0382. The van der Waals surface area contributed by atoms with Crippen molar-refractivity contribution < 1.29 is 0 Å². The highest BCUT2D eigenvalue weighted by Crippen LogP contribution is 2.38. The van der Waals surface area contributed by atoms with Gasteiger partial charge in [-0.05, 0) is 149 Å². The molecule has 0 saturated heterocycles. The molecule has 378 valence electrons. The molecule has 1 heterocycles. The molecule has 0 radical (unpaired) electrons. The smallest absolute Gasteiger partial charge is 0.236 e. The van der Waals surface area contributed by atoms with Gasteiger partial charge in [0, 0.05) is 69.3 Å². The largest absolute Gasteiger partial charge is 0.356 e. The number of hydrogen-bond donors (Lipinski definition) is 3. The van der Waals surface area contributed by atoms with E-state index in [2.05, 4.69) is 218 Å². The summed E-state index contributed by atoms with van der Waals surface area (Å²) in [5.41, 5.74) is 9.38. The maximum Gasteiger partial charge on any atom is 0.236 e. The normalized spacial score (nSPS) is 12.4. The lowest BCUT2D eigenvalue weighted by molar-refractivity contribution is 0.550. The number of benzene rings is 6. The lowest BCUT2D eigenvalue weighted by atomic mass is 10.1. The second-order valence-corrected chi connectivity index (χ2v) is 19.6. The average molecular weight is 964 g/mol. The molecule has 72 heavy (non-hydrogen) atoms. The molecule has 7 aromatic rings. The predicted molar refractivity (Wildman–Crippen MR) is 309 cm³/mol. The Morgan fingerprint density at radius 1 is 0.306 bits per heavy atom. The van der Waals surface area contributed by atoms with E-state index in [1.165, 1.54) is 57.8 Å². The minimum Gasteiger partial charge on any atom is -0.356 e. The van der Waals surface area contributed by atoms with Crippen LogP contribution in [-0.2, 0) is 0 Å². The molecule has 3 atom stereocenters. The van der Waals surface area contributed by atoms with E-state index >= 15 is 0 Å². The maximum absolute atomic E-state index is 5.64. The molecule has 7 rings (SSSR count). The molecule has 0 saturated carbocycles. The van der Waals surface area contributed by atoms with Crippen LogP contribution in [-0.4, -0.2) is 33.1 Å². The van der Waals surface area contributed by atoms with Gasteiger partial charge in [-0.3, -0.25) is 0 Å². The average Bonchev–Trinajstić information content (AvgIpc) is 3.40. The van der Waals surface area contributed by atoms with Crippen molar-refractivity contribution in [3.05, 3.63) is 164 Å². The van der Waals surface area contributed by atoms with E-state index in [0.29, 0.717) is 17.8 Å². The SMILES string of the molecule is CCCCCCC(C)N(c1ccc(Nc2ccccc2)cc1)c1nc(N(c2ccc(Nc3ccccc3)cc2)C(C)CCCCCC)nc(N(c2ccc(Nc3ccccc3)cc2)C(C)CCCCCC)n1. The minimum absolute atomic E-state index is 0.101. The Kier molecular flexibility index (Phi) is 20.8. The molecule has 0 bridgehead atoms. The summed E-state index contributed by atoms with van der Waals surface area (Å²) in [5.74, 6) is 1.95. The number of hydrogen-bond acceptors (Lipinski definition) is 9. The fourth-order valence-electron chi connectivity index (χ4n) is 9.54. The summed E-state index contributed by atoms with van der Waals surface area (Å²) in [5, 5.41) is 10.8. The second kappa shape index (κ2) is 28.2. The lowest BCUT2D eigenvalue weighted by Gasteiger charge is -2.35. The fraction of sp³-hybridized carbons (Fsp3) is 0.381. The van der Waals surface area contributed by atoms with Crippen LogP contribution < -0.4 is 30.7 Å². The van der Waals surface area contributed by atoms with Crippen LogP contribution in [0.3, 0.4) is 0 Å². The lowest BCUT2D eigenvalue weighted by Crippen LogP contribution is -2.36. The van der Waals surface area contributed by atoms with Gasteiger partial charge in [0.15, 0.2) is 0 Å². The van der Waals surface area contributed by atoms with E-state index in [-0.39, 0.29) is 18.1 Å². The van der Waals surface area contributed by atoms with Crippen molar-refractivity contribution in [2.75, 3.05) is 30.7 Å². The van der Waals surface area contributed by atoms with E-state index < -0.39 is 0 Å². The van der Waals surface area contributed by atoms with Gasteiger partial charge < -0.3 is 30.7 Å². The topological polar surface area (TPSA) is 84.5 Å². The molecule has 0 aliphatic carbocycles. The van der Waals surface area contributed by atoms with Crippen molar-refractivity contribution in [2.45, 2.75) is 156 Å². The Balaban J connectivity index is 1.39. The number of nitrogens with zero attached hydrogens (tertiary/aromatic N) is 6. The third-order valence-corrected chi connectivity index (χ3v) is 13.6. The highest BCUT2D eigenvalue weighted by Gasteiger charge is 2.29. The first-order valence-electron chi connectivity index (χ1n) is 27.2. The molecule has 6 aromatic carbocycles. The van der Waals surface area contributed by atoms with Gasteiger partial charge in [0.2, 0.25) is 17.8 Å². The summed E-state index contributed by atoms with van der Waals surface area (Å²) in [4.78, 5) is 24.1. The fourth-order valence-corrected chi connectivity index (χ4v) is 9.54. The molecule has 0 aliphatic heterocycles. The highest BCUT2D eigenvalue weighted by molar-refractivity contribution is 5.72. The summed E-state index contributed by atoms with van der Waals surface area (Å²) in [6, 6.07) is 57.7. The first-order chi connectivity index (χ1) is 35.3. The molecule has 9 heteroatoms. The molecule has 0 aliphatic rings. The predicted octanol–water partition coefficient (Wildman–Crippen LogP) is 18.6. The molecule has 3 unspecified atom stereocenters. The Morgan fingerprint density at radius 2 is 0.542 bits per heavy atom. The molecule has 0 spiro atoms. The summed E-state index contributed by atoms with van der Waals surface area (Å²) >= 11 is 0. The van der Waals surface area contributed by atoms with Crippen molar-refractivity contribution in [1.82, 2.24) is 15.0 Å². The Hall–Kier alpha value is -6.87. The number of aromatic nitrogens is 3. The van der Waals surface area contributed by atoms with Crippen LogP contribution in [0.25, 0.3) is 0 Å². The van der Waals surface area contributed by atoms with Crippen LogP contribution in [0, 0.1) is 0 Å². The second-order valence-electron chi connectivity index (χ2n) is 19.6. The molecule has 9 nitrogen and oxygen atoms in total. The number of rotatable bonds is 30. The Bertz CT molecular complexity index is 2270. The van der Waals surface area contributed by atoms with Crippen molar-refractivity contribution in [3.63, 3.8) is 0 Å². The Morgan fingerprint density at radius 3 is 0.778 bits per heavy atom. The molecule has 1 aromatic heterocycles. The van der Waals surface area contributed by atoms with E-state index in [1.807, 2.05) is 18.2 Å². The molecular formula is C63H81N9. The van der Waals surface area contributed by atoms with Gasteiger partial charge in [-0.15, -0.1) is 0 Å². The van der Waals surface area contributed by atoms with E-state index in [4.69, 9.17) is 15.0 Å². The van der Waals surface area contributed by atoms with Gasteiger partial charge in [0.1, 0.15) is 0 Å². The molecular weight excluding hydrogens is 883 g/mol. The number of nitrogens with one attached hydrogen (secondary N) is 3. The van der Waals surface area contributed by atoms with E-state index in [9.17, 15) is 0 Å². The zero-order chi connectivity index (χ0) is 50.3. The van der Waals surface area contributed by atoms with Gasteiger partial charge in [-0.1, -0.05) is 152 Å². The van der Waals surface area contributed by atoms with Gasteiger partial charge in [-0.25, -0.2) is 0 Å². The zero-order valence-electron chi connectivity index (χ0n) is 44.1. The van der Waals surface area contributed by atoms with Crippen LogP contribution in [0.4, 0.5) is 69.0 Å². The van der Waals surface area contributed by atoms with Crippen molar-refractivity contribution in [3.8, 4) is 0 Å². The first-order valence-corrected chi connectivity index (χ1v) is 27.2. The third kappa shape index (κ3) is 15.6. The molecule has 0 fully saturated rings. The third-order valence-electron chi connectivity index (χ3n) is 13.6. The summed E-state index contributed by atoms with van der Waals surface area (Å²) in [6.45, 7) is 13.9. The Labute approximate surface area is 432 Å². The summed E-state index contributed by atoms with van der Waals surface area (Å²) < 4.78 is 0. The van der Waals surface area contributed by atoms with Gasteiger partial charge >= 0.3 is 0 Å². The number of anilines is 12. The minimum atomic E-state index is 0.101. The zero-order valence-corrected chi connectivity index (χ0v) is 44.1. The van der Waals surface area contributed by atoms with E-state index in [1.54, 1.807) is 0 Å². The standard InChI is InChI=1S/C63H81N9/c1-7-10-13-19-28-49(4)70(58-43-37-55(38-44-58)64-52-31-22-16-23-32-52)61-67-62(71(50(5)29-20-14-11-8-2)59-45-39-56(40-46-59)65-53-33-24-17-25-34-53)69-63(68-61)72(51(6)30-21-15-12-9-3)60-47-41-57(42-48-60)66-54-35-26-18-27-36-54/h16-18,22-27,31-51,64-66H,7-15,19-21,28-30H2,1-6H3. The van der Waals surface area contributed by atoms with Crippen LogP contribution in [0.1, 0.15) is 138 Å². The van der Waals surface area contributed by atoms with Crippen LogP contribution in [0.2, 0.25) is 0 Å². The maximum atomic E-state index is 5.64. The first kappa shape index (κ1) is 52.9. The van der Waals surface area contributed by atoms with Gasteiger partial charge in [-0.2, -0.15) is 15.0 Å². The van der Waals surface area contributed by atoms with Crippen LogP contribution in [0.15, 0.2) is 164 Å². The monoisotopic (exact) mass is 964 g/mol.